The van der Waals surface area contributed by atoms with E-state index in [-0.39, 0.29) is 17.3 Å². The van der Waals surface area contributed by atoms with E-state index in [9.17, 15) is 9.18 Å². The van der Waals surface area contributed by atoms with Crippen LogP contribution in [0.1, 0.15) is 45.6 Å². The maximum absolute atomic E-state index is 13.3. The molecule has 2 rings (SSSR count). The van der Waals surface area contributed by atoms with Crippen molar-refractivity contribution >= 4 is 5.91 Å². The summed E-state index contributed by atoms with van der Waals surface area (Å²) in [6, 6.07) is 6.85. The second-order valence-electron chi connectivity index (χ2n) is 6.81. The minimum atomic E-state index is -0.245. The van der Waals surface area contributed by atoms with Crippen LogP contribution in [-0.2, 0) is 11.3 Å². The summed E-state index contributed by atoms with van der Waals surface area (Å²) in [6.07, 6.45) is 2.62. The van der Waals surface area contributed by atoms with Gasteiger partial charge in [0.1, 0.15) is 5.82 Å². The topological polar surface area (TPSA) is 32.3 Å². The van der Waals surface area contributed by atoms with E-state index < -0.39 is 0 Å². The fourth-order valence-electron chi connectivity index (χ4n) is 2.33. The van der Waals surface area contributed by atoms with Crippen LogP contribution in [0.4, 0.5) is 4.39 Å². The lowest BCUT2D eigenvalue weighted by Crippen LogP contribution is -2.40. The molecule has 1 amide bonds. The summed E-state index contributed by atoms with van der Waals surface area (Å²) in [4.78, 5) is 14.3. The third-order valence-corrected chi connectivity index (χ3v) is 3.54. The van der Waals surface area contributed by atoms with Crippen LogP contribution < -0.4 is 5.32 Å². The van der Waals surface area contributed by atoms with Gasteiger partial charge in [0.05, 0.1) is 0 Å². The quantitative estimate of drug-likeness (QED) is 0.874. The molecule has 4 heteroatoms. The molecular weight excluding hydrogens is 267 g/mol. The molecule has 3 nitrogen and oxygen atoms in total. The molecule has 0 aliphatic heterocycles. The maximum atomic E-state index is 13.3. The van der Waals surface area contributed by atoms with Crippen molar-refractivity contribution in [3.63, 3.8) is 0 Å². The SMILES string of the molecule is CC(C)(C)NCCC(=O)N(Cc1cccc(F)c1)C1CC1. The van der Waals surface area contributed by atoms with Gasteiger partial charge >= 0.3 is 0 Å². The van der Waals surface area contributed by atoms with Crippen molar-refractivity contribution in [1.29, 1.82) is 0 Å². The van der Waals surface area contributed by atoms with Crippen molar-refractivity contribution in [2.75, 3.05) is 6.54 Å². The predicted octanol–water partition coefficient (Wildman–Crippen LogP) is 3.09. The summed E-state index contributed by atoms with van der Waals surface area (Å²) >= 11 is 0. The number of nitrogens with one attached hydrogen (secondary N) is 1. The molecule has 1 aromatic carbocycles. The van der Waals surface area contributed by atoms with Crippen LogP contribution in [-0.4, -0.2) is 28.9 Å². The van der Waals surface area contributed by atoms with E-state index in [1.54, 1.807) is 6.07 Å². The van der Waals surface area contributed by atoms with Crippen molar-refractivity contribution in [2.45, 2.75) is 58.2 Å². The minimum Gasteiger partial charge on any atom is -0.335 e. The molecule has 0 atom stereocenters. The standard InChI is InChI=1S/C17H25FN2O/c1-17(2,3)19-10-9-16(21)20(15-7-8-15)12-13-5-4-6-14(18)11-13/h4-6,11,15,19H,7-10,12H2,1-3H3. The Morgan fingerprint density at radius 1 is 1.38 bits per heavy atom. The fraction of sp³-hybridized carbons (Fsp3) is 0.588. The van der Waals surface area contributed by atoms with Crippen LogP contribution in [0.15, 0.2) is 24.3 Å². The molecule has 0 unspecified atom stereocenters. The first kappa shape index (κ1) is 16.0. The van der Waals surface area contributed by atoms with E-state index in [0.29, 0.717) is 25.6 Å². The zero-order chi connectivity index (χ0) is 15.5. The molecule has 0 spiro atoms. The Balaban J connectivity index is 1.91. The molecule has 0 heterocycles. The summed E-state index contributed by atoms with van der Waals surface area (Å²) in [5.41, 5.74) is 0.881. The lowest BCUT2D eigenvalue weighted by Gasteiger charge is -2.25. The Morgan fingerprint density at radius 2 is 2.10 bits per heavy atom. The summed E-state index contributed by atoms with van der Waals surface area (Å²) in [5, 5.41) is 3.33. The molecule has 21 heavy (non-hydrogen) atoms. The van der Waals surface area contributed by atoms with Gasteiger partial charge in [-0.1, -0.05) is 12.1 Å². The summed E-state index contributed by atoms with van der Waals surface area (Å²) in [6.45, 7) is 7.44. The molecule has 0 radical (unpaired) electrons. The number of rotatable bonds is 6. The van der Waals surface area contributed by atoms with E-state index in [0.717, 1.165) is 18.4 Å². The molecular formula is C17H25FN2O. The van der Waals surface area contributed by atoms with Gasteiger partial charge in [-0.25, -0.2) is 4.39 Å². The minimum absolute atomic E-state index is 0.0211. The largest absolute Gasteiger partial charge is 0.335 e. The zero-order valence-corrected chi connectivity index (χ0v) is 13.2. The highest BCUT2D eigenvalue weighted by Crippen LogP contribution is 2.29. The fourth-order valence-corrected chi connectivity index (χ4v) is 2.33. The first-order chi connectivity index (χ1) is 9.85. The summed E-state index contributed by atoms with van der Waals surface area (Å²) in [5.74, 6) is -0.0939. The second-order valence-corrected chi connectivity index (χ2v) is 6.81. The number of carbonyl (C=O) groups is 1. The lowest BCUT2D eigenvalue weighted by molar-refractivity contribution is -0.132. The Bertz CT molecular complexity index is 492. The molecule has 0 bridgehead atoms. The highest BCUT2D eigenvalue weighted by Gasteiger charge is 2.32. The number of amides is 1. The average molecular weight is 292 g/mol. The third-order valence-electron chi connectivity index (χ3n) is 3.54. The zero-order valence-electron chi connectivity index (χ0n) is 13.2. The number of carbonyl (C=O) groups excluding carboxylic acids is 1. The molecule has 1 saturated carbocycles. The Morgan fingerprint density at radius 3 is 2.67 bits per heavy atom. The van der Waals surface area contributed by atoms with E-state index in [2.05, 4.69) is 26.1 Å². The molecule has 1 aliphatic rings. The van der Waals surface area contributed by atoms with Crippen LogP contribution in [0.25, 0.3) is 0 Å². The molecule has 0 aromatic heterocycles. The van der Waals surface area contributed by atoms with Crippen molar-refractivity contribution in [1.82, 2.24) is 10.2 Å². The Kier molecular flexibility index (Phi) is 4.99. The predicted molar refractivity (Wildman–Crippen MR) is 82.3 cm³/mol. The molecule has 1 fully saturated rings. The van der Waals surface area contributed by atoms with E-state index >= 15 is 0 Å². The van der Waals surface area contributed by atoms with Crippen LogP contribution in [0.2, 0.25) is 0 Å². The number of hydrogen-bond donors (Lipinski definition) is 1. The van der Waals surface area contributed by atoms with Gasteiger partial charge in [-0.3, -0.25) is 4.79 Å². The normalized spacial score (nSPS) is 15.0. The van der Waals surface area contributed by atoms with E-state index in [1.807, 2.05) is 11.0 Å². The smallest absolute Gasteiger partial charge is 0.224 e. The van der Waals surface area contributed by atoms with E-state index in [1.165, 1.54) is 12.1 Å². The Hall–Kier alpha value is -1.42. The first-order valence-corrected chi connectivity index (χ1v) is 7.64. The number of nitrogens with zero attached hydrogens (tertiary/aromatic N) is 1. The van der Waals surface area contributed by atoms with Gasteiger partial charge in [0.25, 0.3) is 0 Å². The van der Waals surface area contributed by atoms with E-state index in [4.69, 9.17) is 0 Å². The monoisotopic (exact) mass is 292 g/mol. The number of halogens is 1. The molecule has 0 saturated heterocycles. The average Bonchev–Trinajstić information content (AvgIpc) is 3.18. The maximum Gasteiger partial charge on any atom is 0.224 e. The van der Waals surface area contributed by atoms with Gasteiger partial charge < -0.3 is 10.2 Å². The molecule has 1 aromatic rings. The Labute approximate surface area is 126 Å². The highest BCUT2D eigenvalue weighted by atomic mass is 19.1. The first-order valence-electron chi connectivity index (χ1n) is 7.64. The number of benzene rings is 1. The van der Waals surface area contributed by atoms with Crippen LogP contribution in [0.3, 0.4) is 0 Å². The number of hydrogen-bond acceptors (Lipinski definition) is 2. The third kappa shape index (κ3) is 5.46. The van der Waals surface area contributed by atoms with Crippen molar-refractivity contribution < 1.29 is 9.18 Å². The van der Waals surface area contributed by atoms with Crippen LogP contribution in [0.5, 0.6) is 0 Å². The second kappa shape index (κ2) is 6.56. The highest BCUT2D eigenvalue weighted by molar-refractivity contribution is 5.77. The van der Waals surface area contributed by atoms with Gasteiger partial charge in [-0.2, -0.15) is 0 Å². The van der Waals surface area contributed by atoms with Gasteiger partial charge in [0.15, 0.2) is 0 Å². The van der Waals surface area contributed by atoms with Gasteiger partial charge in [-0.05, 0) is 51.3 Å². The molecule has 1 N–H and O–H groups in total. The van der Waals surface area contributed by atoms with Crippen LogP contribution in [0, 0.1) is 5.82 Å². The molecule has 1 aliphatic carbocycles. The van der Waals surface area contributed by atoms with Crippen molar-refractivity contribution in [2.24, 2.45) is 0 Å². The molecule has 116 valence electrons. The van der Waals surface area contributed by atoms with Gasteiger partial charge in [-0.15, -0.1) is 0 Å². The summed E-state index contributed by atoms with van der Waals surface area (Å²) in [7, 11) is 0. The van der Waals surface area contributed by atoms with Crippen LogP contribution >= 0.6 is 0 Å². The van der Waals surface area contributed by atoms with Gasteiger partial charge in [0.2, 0.25) is 5.91 Å². The van der Waals surface area contributed by atoms with Crippen molar-refractivity contribution in [3.05, 3.63) is 35.6 Å². The lowest BCUT2D eigenvalue weighted by atomic mass is 10.1. The van der Waals surface area contributed by atoms with Gasteiger partial charge in [0, 0.05) is 31.1 Å². The summed E-state index contributed by atoms with van der Waals surface area (Å²) < 4.78 is 13.3. The van der Waals surface area contributed by atoms with Crippen molar-refractivity contribution in [3.8, 4) is 0 Å².